The van der Waals surface area contributed by atoms with E-state index in [2.05, 4.69) is 4.98 Å². The topological polar surface area (TPSA) is 42.1 Å². The predicted molar refractivity (Wildman–Crippen MR) is 68.6 cm³/mol. The number of rotatable bonds is 4. The number of hydrogen-bond acceptors (Lipinski definition) is 2. The van der Waals surface area contributed by atoms with E-state index in [4.69, 9.17) is 4.74 Å². The van der Waals surface area contributed by atoms with Crippen LogP contribution in [0.25, 0.3) is 10.9 Å². The van der Waals surface area contributed by atoms with Crippen LogP contribution in [0.1, 0.15) is 24.6 Å². The molecule has 3 nitrogen and oxygen atoms in total. The predicted octanol–water partition coefficient (Wildman–Crippen LogP) is 3.01. The van der Waals surface area contributed by atoms with E-state index in [0.717, 1.165) is 28.8 Å². The smallest absolute Gasteiger partial charge is 0.130 e. The molecule has 1 aromatic heterocycles. The van der Waals surface area contributed by atoms with Crippen molar-refractivity contribution in [2.24, 2.45) is 0 Å². The van der Waals surface area contributed by atoms with Crippen LogP contribution in [-0.4, -0.2) is 17.9 Å². The molecule has 90 valence electrons. The zero-order valence-electron chi connectivity index (χ0n) is 10.5. The first-order chi connectivity index (χ1) is 8.11. The Morgan fingerprint density at radius 3 is 2.82 bits per heavy atom. The Morgan fingerprint density at radius 2 is 2.18 bits per heavy atom. The average Bonchev–Trinajstić information content (AvgIpc) is 2.61. The van der Waals surface area contributed by atoms with Crippen molar-refractivity contribution in [3.63, 3.8) is 0 Å². The van der Waals surface area contributed by atoms with E-state index in [1.54, 1.807) is 14.0 Å². The van der Waals surface area contributed by atoms with Gasteiger partial charge in [0.15, 0.2) is 0 Å². The lowest BCUT2D eigenvalue weighted by Crippen LogP contribution is -1.94. The van der Waals surface area contributed by atoms with Crippen LogP contribution in [-0.2, 0) is 11.2 Å². The fourth-order valence-corrected chi connectivity index (χ4v) is 2.11. The van der Waals surface area contributed by atoms with E-state index in [1.165, 1.54) is 5.56 Å². The van der Waals surface area contributed by atoms with Crippen molar-refractivity contribution >= 4 is 16.7 Å². The molecule has 0 saturated carbocycles. The molecule has 0 spiro atoms. The number of fused-ring (bicyclic) bond motifs is 1. The molecule has 17 heavy (non-hydrogen) atoms. The molecule has 0 unspecified atom stereocenters. The van der Waals surface area contributed by atoms with Crippen LogP contribution >= 0.6 is 0 Å². The molecule has 2 rings (SSSR count). The van der Waals surface area contributed by atoms with Crippen LogP contribution in [0.15, 0.2) is 18.2 Å². The van der Waals surface area contributed by atoms with Crippen molar-refractivity contribution in [1.29, 1.82) is 0 Å². The molecule has 0 radical (unpaired) electrons. The summed E-state index contributed by atoms with van der Waals surface area (Å²) in [4.78, 5) is 14.4. The zero-order chi connectivity index (χ0) is 12.4. The van der Waals surface area contributed by atoms with Gasteiger partial charge >= 0.3 is 0 Å². The maximum Gasteiger partial charge on any atom is 0.130 e. The van der Waals surface area contributed by atoms with Crippen LogP contribution in [0.4, 0.5) is 0 Å². The van der Waals surface area contributed by atoms with Gasteiger partial charge in [-0.25, -0.2) is 0 Å². The minimum absolute atomic E-state index is 0.224. The van der Waals surface area contributed by atoms with E-state index in [9.17, 15) is 4.79 Å². The molecule has 0 fully saturated rings. The number of aromatic amines is 1. The molecule has 1 aromatic carbocycles. The third-order valence-electron chi connectivity index (χ3n) is 3.05. The monoisotopic (exact) mass is 231 g/mol. The Labute approximate surface area is 101 Å². The van der Waals surface area contributed by atoms with Crippen molar-refractivity contribution < 1.29 is 9.53 Å². The SMILES string of the molecule is COc1ccc2[nH]c(C)c(CCC(C)=O)c2c1. The summed E-state index contributed by atoms with van der Waals surface area (Å²) in [6, 6.07) is 5.97. The number of carbonyl (C=O) groups excluding carboxylic acids is 1. The van der Waals surface area contributed by atoms with Crippen molar-refractivity contribution in [3.8, 4) is 5.75 Å². The molecule has 0 aliphatic rings. The number of ketones is 1. The van der Waals surface area contributed by atoms with E-state index in [-0.39, 0.29) is 5.78 Å². The second-order valence-electron chi connectivity index (χ2n) is 4.34. The third-order valence-corrected chi connectivity index (χ3v) is 3.05. The van der Waals surface area contributed by atoms with Crippen LogP contribution in [0.2, 0.25) is 0 Å². The van der Waals surface area contributed by atoms with Gasteiger partial charge in [-0.05, 0) is 44.0 Å². The molecular formula is C14H17NO2. The summed E-state index contributed by atoms with van der Waals surface area (Å²) in [7, 11) is 1.66. The highest BCUT2D eigenvalue weighted by atomic mass is 16.5. The van der Waals surface area contributed by atoms with Gasteiger partial charge in [-0.3, -0.25) is 0 Å². The Hall–Kier alpha value is -1.77. The zero-order valence-corrected chi connectivity index (χ0v) is 10.5. The molecule has 0 saturated heterocycles. The molecule has 3 heteroatoms. The Kier molecular flexibility index (Phi) is 3.18. The van der Waals surface area contributed by atoms with Gasteiger partial charge in [0.2, 0.25) is 0 Å². The first-order valence-corrected chi connectivity index (χ1v) is 5.76. The van der Waals surface area contributed by atoms with Crippen LogP contribution in [0.5, 0.6) is 5.75 Å². The van der Waals surface area contributed by atoms with Crippen molar-refractivity contribution in [2.75, 3.05) is 7.11 Å². The molecular weight excluding hydrogens is 214 g/mol. The summed E-state index contributed by atoms with van der Waals surface area (Å²) in [6.07, 6.45) is 1.37. The van der Waals surface area contributed by atoms with Crippen LogP contribution < -0.4 is 4.74 Å². The standard InChI is InChI=1S/C14H17NO2/c1-9(16)4-6-12-10(2)15-14-7-5-11(17-3)8-13(12)14/h5,7-8,15H,4,6H2,1-3H3. The number of benzene rings is 1. The number of Topliss-reactive ketones (excluding diaryl/α,β-unsaturated/α-hetero) is 1. The van der Waals surface area contributed by atoms with Crippen LogP contribution in [0.3, 0.4) is 0 Å². The molecule has 0 atom stereocenters. The number of aryl methyl sites for hydroxylation is 2. The summed E-state index contributed by atoms with van der Waals surface area (Å²) < 4.78 is 5.23. The molecule has 1 N–H and O–H groups in total. The average molecular weight is 231 g/mol. The van der Waals surface area contributed by atoms with Crippen LogP contribution in [0, 0.1) is 6.92 Å². The summed E-state index contributed by atoms with van der Waals surface area (Å²) >= 11 is 0. The number of nitrogens with one attached hydrogen (secondary N) is 1. The summed E-state index contributed by atoms with van der Waals surface area (Å²) in [5, 5.41) is 1.16. The lowest BCUT2D eigenvalue weighted by Gasteiger charge is -2.02. The van der Waals surface area contributed by atoms with E-state index >= 15 is 0 Å². The second-order valence-corrected chi connectivity index (χ2v) is 4.34. The van der Waals surface area contributed by atoms with Gasteiger partial charge in [-0.15, -0.1) is 0 Å². The Balaban J connectivity index is 2.44. The van der Waals surface area contributed by atoms with Gasteiger partial charge < -0.3 is 14.5 Å². The summed E-state index contributed by atoms with van der Waals surface area (Å²) in [5.41, 5.74) is 3.45. The third kappa shape index (κ3) is 2.33. The quantitative estimate of drug-likeness (QED) is 0.878. The number of carbonyl (C=O) groups is 1. The molecule has 0 aliphatic heterocycles. The number of aromatic nitrogens is 1. The van der Waals surface area contributed by atoms with E-state index in [1.807, 2.05) is 25.1 Å². The largest absolute Gasteiger partial charge is 0.497 e. The Morgan fingerprint density at radius 1 is 1.41 bits per heavy atom. The number of H-pyrrole nitrogens is 1. The second kappa shape index (κ2) is 4.62. The molecule has 1 heterocycles. The van der Waals surface area contributed by atoms with Gasteiger partial charge in [0.05, 0.1) is 7.11 Å². The van der Waals surface area contributed by atoms with Gasteiger partial charge in [-0.1, -0.05) is 0 Å². The molecule has 0 amide bonds. The lowest BCUT2D eigenvalue weighted by molar-refractivity contribution is -0.116. The number of hydrogen-bond donors (Lipinski definition) is 1. The fourth-order valence-electron chi connectivity index (χ4n) is 2.11. The first-order valence-electron chi connectivity index (χ1n) is 5.76. The van der Waals surface area contributed by atoms with Crippen molar-refractivity contribution in [1.82, 2.24) is 4.98 Å². The normalized spacial score (nSPS) is 10.8. The van der Waals surface area contributed by atoms with Crippen molar-refractivity contribution in [2.45, 2.75) is 26.7 Å². The number of methoxy groups -OCH3 is 1. The van der Waals surface area contributed by atoms with Gasteiger partial charge in [0.1, 0.15) is 11.5 Å². The maximum atomic E-state index is 11.1. The number of ether oxygens (including phenoxy) is 1. The Bertz CT molecular complexity index is 555. The first kappa shape index (κ1) is 11.7. The fraction of sp³-hybridized carbons (Fsp3) is 0.357. The van der Waals surface area contributed by atoms with Gasteiger partial charge in [0.25, 0.3) is 0 Å². The highest BCUT2D eigenvalue weighted by Gasteiger charge is 2.09. The van der Waals surface area contributed by atoms with Gasteiger partial charge in [-0.2, -0.15) is 0 Å². The molecule has 0 bridgehead atoms. The summed E-state index contributed by atoms with van der Waals surface area (Å²) in [6.45, 7) is 3.67. The lowest BCUT2D eigenvalue weighted by atomic mass is 10.0. The summed E-state index contributed by atoms with van der Waals surface area (Å²) in [5.74, 6) is 1.07. The minimum atomic E-state index is 0.224. The van der Waals surface area contributed by atoms with E-state index in [0.29, 0.717) is 6.42 Å². The molecule has 2 aromatic rings. The van der Waals surface area contributed by atoms with Crippen molar-refractivity contribution in [3.05, 3.63) is 29.5 Å². The highest BCUT2D eigenvalue weighted by Crippen LogP contribution is 2.27. The highest BCUT2D eigenvalue weighted by molar-refractivity contribution is 5.86. The minimum Gasteiger partial charge on any atom is -0.497 e. The van der Waals surface area contributed by atoms with E-state index < -0.39 is 0 Å². The van der Waals surface area contributed by atoms with Gasteiger partial charge in [0, 0.05) is 23.0 Å². The molecule has 0 aliphatic carbocycles. The maximum absolute atomic E-state index is 11.1.